The SMILES string of the molecule is CC(C)(C)OC(=O)NCCCN1CCCCC(NC(=O)OC(C)(C)C)C1=O. The van der Waals surface area contributed by atoms with Crippen LogP contribution in [0.3, 0.4) is 0 Å². The third-order valence-electron chi connectivity index (χ3n) is 3.74. The maximum absolute atomic E-state index is 12.7. The fourth-order valence-electron chi connectivity index (χ4n) is 2.69. The van der Waals surface area contributed by atoms with Crippen LogP contribution < -0.4 is 10.6 Å². The molecule has 0 spiro atoms. The van der Waals surface area contributed by atoms with Crippen molar-refractivity contribution >= 4 is 18.1 Å². The molecule has 1 fully saturated rings. The van der Waals surface area contributed by atoms with Crippen molar-refractivity contribution in [3.05, 3.63) is 0 Å². The first-order valence-corrected chi connectivity index (χ1v) is 9.62. The highest BCUT2D eigenvalue weighted by molar-refractivity contribution is 5.86. The van der Waals surface area contributed by atoms with Crippen LogP contribution in [0.15, 0.2) is 0 Å². The topological polar surface area (TPSA) is 97.0 Å². The van der Waals surface area contributed by atoms with Crippen molar-refractivity contribution in [2.24, 2.45) is 0 Å². The fourth-order valence-corrected chi connectivity index (χ4v) is 2.69. The molecule has 1 atom stereocenters. The highest BCUT2D eigenvalue weighted by Gasteiger charge is 2.29. The second-order valence-corrected chi connectivity index (χ2v) is 8.80. The molecule has 8 nitrogen and oxygen atoms in total. The lowest BCUT2D eigenvalue weighted by Crippen LogP contribution is -2.49. The molecular formula is C19H35N3O5. The number of nitrogens with zero attached hydrogens (tertiary/aromatic N) is 1. The molecule has 1 unspecified atom stereocenters. The lowest BCUT2D eigenvalue weighted by molar-refractivity contribution is -0.133. The number of likely N-dealkylation sites (tertiary alicyclic amines) is 1. The average Bonchev–Trinajstić information content (AvgIpc) is 2.63. The largest absolute Gasteiger partial charge is 0.444 e. The number of hydrogen-bond acceptors (Lipinski definition) is 5. The van der Waals surface area contributed by atoms with Crippen LogP contribution >= 0.6 is 0 Å². The second-order valence-electron chi connectivity index (χ2n) is 8.80. The van der Waals surface area contributed by atoms with Gasteiger partial charge < -0.3 is 25.0 Å². The molecular weight excluding hydrogens is 350 g/mol. The van der Waals surface area contributed by atoms with Crippen molar-refractivity contribution in [2.75, 3.05) is 19.6 Å². The van der Waals surface area contributed by atoms with Gasteiger partial charge in [-0.3, -0.25) is 4.79 Å². The summed E-state index contributed by atoms with van der Waals surface area (Å²) in [6.07, 6.45) is 1.93. The van der Waals surface area contributed by atoms with E-state index in [2.05, 4.69) is 10.6 Å². The number of amides is 3. The number of alkyl carbamates (subject to hydrolysis) is 2. The molecule has 1 aliphatic heterocycles. The summed E-state index contributed by atoms with van der Waals surface area (Å²) in [6, 6.07) is -0.568. The molecule has 27 heavy (non-hydrogen) atoms. The summed E-state index contributed by atoms with van der Waals surface area (Å²) in [5.41, 5.74) is -1.14. The van der Waals surface area contributed by atoms with Crippen molar-refractivity contribution in [3.8, 4) is 0 Å². The number of hydrogen-bond donors (Lipinski definition) is 2. The molecule has 3 amide bonds. The summed E-state index contributed by atoms with van der Waals surface area (Å²) in [5.74, 6) is -0.101. The Hall–Kier alpha value is -1.99. The number of carbonyl (C=O) groups excluding carboxylic acids is 3. The molecule has 2 N–H and O–H groups in total. The Morgan fingerprint density at radius 1 is 1.04 bits per heavy atom. The molecule has 0 saturated carbocycles. The minimum atomic E-state index is -0.606. The molecule has 1 saturated heterocycles. The summed E-state index contributed by atoms with van der Waals surface area (Å²) in [4.78, 5) is 38.1. The van der Waals surface area contributed by atoms with E-state index in [0.29, 0.717) is 32.5 Å². The van der Waals surface area contributed by atoms with Crippen LogP contribution in [0.5, 0.6) is 0 Å². The van der Waals surface area contributed by atoms with E-state index < -0.39 is 29.4 Å². The van der Waals surface area contributed by atoms with Gasteiger partial charge in [0.1, 0.15) is 17.2 Å². The highest BCUT2D eigenvalue weighted by atomic mass is 16.6. The Morgan fingerprint density at radius 3 is 2.22 bits per heavy atom. The summed E-state index contributed by atoms with van der Waals surface area (Å²) in [5, 5.41) is 5.38. The number of nitrogens with one attached hydrogen (secondary N) is 2. The molecule has 0 radical (unpaired) electrons. The van der Waals surface area contributed by atoms with Gasteiger partial charge in [-0.2, -0.15) is 0 Å². The van der Waals surface area contributed by atoms with E-state index in [1.165, 1.54) is 0 Å². The maximum Gasteiger partial charge on any atom is 0.408 e. The van der Waals surface area contributed by atoms with Gasteiger partial charge in [0.25, 0.3) is 0 Å². The van der Waals surface area contributed by atoms with E-state index in [1.54, 1.807) is 46.4 Å². The van der Waals surface area contributed by atoms with E-state index in [-0.39, 0.29) is 5.91 Å². The zero-order valence-corrected chi connectivity index (χ0v) is 17.5. The standard InChI is InChI=1S/C19H35N3O5/c1-18(2,3)26-16(24)20-11-9-13-22-12-8-7-10-14(15(22)23)21-17(25)27-19(4,5)6/h14H,7-13H2,1-6H3,(H,20,24)(H,21,25). The van der Waals surface area contributed by atoms with E-state index in [0.717, 1.165) is 12.8 Å². The van der Waals surface area contributed by atoms with Gasteiger partial charge in [-0.15, -0.1) is 0 Å². The van der Waals surface area contributed by atoms with Gasteiger partial charge in [0.15, 0.2) is 0 Å². The summed E-state index contributed by atoms with van der Waals surface area (Å²) in [7, 11) is 0. The molecule has 156 valence electrons. The molecule has 1 rings (SSSR count). The smallest absolute Gasteiger partial charge is 0.408 e. The Kier molecular flexibility index (Phi) is 8.37. The van der Waals surface area contributed by atoms with Crippen LogP contribution in [0.25, 0.3) is 0 Å². The molecule has 1 heterocycles. The molecule has 0 aromatic heterocycles. The van der Waals surface area contributed by atoms with Crippen molar-refractivity contribution < 1.29 is 23.9 Å². The van der Waals surface area contributed by atoms with Gasteiger partial charge in [0.05, 0.1) is 0 Å². The van der Waals surface area contributed by atoms with Gasteiger partial charge in [0, 0.05) is 19.6 Å². The maximum atomic E-state index is 12.7. The molecule has 0 bridgehead atoms. The second kappa shape index (κ2) is 9.80. The van der Waals surface area contributed by atoms with Crippen LogP contribution in [-0.2, 0) is 14.3 Å². The predicted octanol–water partition coefficient (Wildman–Crippen LogP) is 2.81. The first-order valence-electron chi connectivity index (χ1n) is 9.62. The molecule has 0 aromatic rings. The number of ether oxygens (including phenoxy) is 2. The summed E-state index contributed by atoms with van der Waals surface area (Å²) >= 11 is 0. The minimum absolute atomic E-state index is 0.101. The third kappa shape index (κ3) is 10.1. The van der Waals surface area contributed by atoms with E-state index in [1.807, 2.05) is 0 Å². The molecule has 0 aromatic carbocycles. The highest BCUT2D eigenvalue weighted by Crippen LogP contribution is 2.14. The zero-order chi connectivity index (χ0) is 20.7. The van der Waals surface area contributed by atoms with Gasteiger partial charge in [-0.05, 0) is 67.2 Å². The third-order valence-corrected chi connectivity index (χ3v) is 3.74. The molecule has 0 aliphatic carbocycles. The average molecular weight is 386 g/mol. The van der Waals surface area contributed by atoms with Crippen LogP contribution in [0.2, 0.25) is 0 Å². The lowest BCUT2D eigenvalue weighted by Gasteiger charge is -2.26. The first-order chi connectivity index (χ1) is 12.4. The fraction of sp³-hybridized carbons (Fsp3) is 0.842. The Labute approximate surface area is 162 Å². The van der Waals surface area contributed by atoms with Crippen molar-refractivity contribution in [2.45, 2.75) is 84.5 Å². The van der Waals surface area contributed by atoms with Crippen LogP contribution in [-0.4, -0.2) is 59.9 Å². The van der Waals surface area contributed by atoms with Crippen LogP contribution in [0.1, 0.15) is 67.2 Å². The number of carbonyl (C=O) groups is 3. The summed E-state index contributed by atoms with van der Waals surface area (Å²) in [6.45, 7) is 12.4. The summed E-state index contributed by atoms with van der Waals surface area (Å²) < 4.78 is 10.4. The molecule has 8 heteroatoms. The van der Waals surface area contributed by atoms with Gasteiger partial charge in [-0.25, -0.2) is 9.59 Å². The van der Waals surface area contributed by atoms with Crippen molar-refractivity contribution in [3.63, 3.8) is 0 Å². The first kappa shape index (κ1) is 23.0. The quantitative estimate of drug-likeness (QED) is 0.709. The van der Waals surface area contributed by atoms with Gasteiger partial charge in [0.2, 0.25) is 5.91 Å². The van der Waals surface area contributed by atoms with Gasteiger partial charge in [-0.1, -0.05) is 0 Å². The van der Waals surface area contributed by atoms with Crippen molar-refractivity contribution in [1.29, 1.82) is 0 Å². The zero-order valence-electron chi connectivity index (χ0n) is 17.5. The van der Waals surface area contributed by atoms with E-state index in [9.17, 15) is 14.4 Å². The van der Waals surface area contributed by atoms with E-state index >= 15 is 0 Å². The number of rotatable bonds is 5. The van der Waals surface area contributed by atoms with Gasteiger partial charge >= 0.3 is 12.2 Å². The Balaban J connectivity index is 2.45. The monoisotopic (exact) mass is 385 g/mol. The van der Waals surface area contributed by atoms with Crippen LogP contribution in [0, 0.1) is 0 Å². The van der Waals surface area contributed by atoms with E-state index in [4.69, 9.17) is 9.47 Å². The Morgan fingerprint density at radius 2 is 1.63 bits per heavy atom. The lowest BCUT2D eigenvalue weighted by atomic mass is 10.1. The molecule has 1 aliphatic rings. The predicted molar refractivity (Wildman–Crippen MR) is 102 cm³/mol. The Bertz CT molecular complexity index is 522. The minimum Gasteiger partial charge on any atom is -0.444 e. The van der Waals surface area contributed by atoms with Crippen molar-refractivity contribution in [1.82, 2.24) is 15.5 Å². The van der Waals surface area contributed by atoms with Crippen LogP contribution in [0.4, 0.5) is 9.59 Å². The normalized spacial score (nSPS) is 18.5.